The summed E-state index contributed by atoms with van der Waals surface area (Å²) >= 11 is 6.56. The van der Waals surface area contributed by atoms with Gasteiger partial charge in [-0.05, 0) is 73.4 Å². The summed E-state index contributed by atoms with van der Waals surface area (Å²) in [5, 5.41) is 3.58. The highest BCUT2D eigenvalue weighted by Gasteiger charge is 2.35. The second-order valence-corrected chi connectivity index (χ2v) is 13.9. The molecule has 4 aromatic carbocycles. The van der Waals surface area contributed by atoms with Crippen molar-refractivity contribution in [3.63, 3.8) is 0 Å². The van der Waals surface area contributed by atoms with Crippen molar-refractivity contribution >= 4 is 39.1 Å². The molecule has 0 aromatic heterocycles. The van der Waals surface area contributed by atoms with Gasteiger partial charge in [-0.25, -0.2) is 12.8 Å². The zero-order valence-corrected chi connectivity index (χ0v) is 27.2. The summed E-state index contributed by atoms with van der Waals surface area (Å²) in [7, 11) is -4.32. The molecule has 4 aromatic rings. The van der Waals surface area contributed by atoms with Crippen molar-refractivity contribution in [2.24, 2.45) is 0 Å². The molecule has 0 heterocycles. The van der Waals surface area contributed by atoms with E-state index in [1.807, 2.05) is 37.3 Å². The number of halogens is 2. The first-order valence-corrected chi connectivity index (χ1v) is 17.2. The number of anilines is 1. The fourth-order valence-electron chi connectivity index (χ4n) is 5.71. The van der Waals surface area contributed by atoms with Gasteiger partial charge in [0.15, 0.2) is 0 Å². The van der Waals surface area contributed by atoms with Crippen LogP contribution in [0.3, 0.4) is 0 Å². The number of nitrogens with one attached hydrogen (secondary N) is 1. The molecule has 0 saturated heterocycles. The van der Waals surface area contributed by atoms with Crippen LogP contribution in [0.2, 0.25) is 5.02 Å². The number of sulfonamides is 1. The van der Waals surface area contributed by atoms with Crippen LogP contribution in [0.4, 0.5) is 10.1 Å². The average Bonchev–Trinajstić information content (AvgIpc) is 3.56. The van der Waals surface area contributed by atoms with E-state index in [4.69, 9.17) is 11.6 Å². The molecule has 46 heavy (non-hydrogen) atoms. The summed E-state index contributed by atoms with van der Waals surface area (Å²) in [6, 6.07) is 26.7. The molecule has 1 unspecified atom stereocenters. The van der Waals surface area contributed by atoms with Gasteiger partial charge in [0, 0.05) is 24.0 Å². The molecule has 1 N–H and O–H groups in total. The summed E-state index contributed by atoms with van der Waals surface area (Å²) in [6.07, 6.45) is 3.97. The van der Waals surface area contributed by atoms with E-state index in [2.05, 4.69) is 5.32 Å². The quantitative estimate of drug-likeness (QED) is 0.184. The molecule has 2 amide bonds. The molecule has 7 nitrogen and oxygen atoms in total. The van der Waals surface area contributed by atoms with Gasteiger partial charge < -0.3 is 10.2 Å². The number of hydrogen-bond donors (Lipinski definition) is 1. The minimum absolute atomic E-state index is 0.00551. The molecule has 0 radical (unpaired) electrons. The highest BCUT2D eigenvalue weighted by molar-refractivity contribution is 7.92. The first-order chi connectivity index (χ1) is 22.1. The Balaban J connectivity index is 1.57. The fourth-order valence-corrected chi connectivity index (χ4v) is 7.31. The predicted octanol–water partition coefficient (Wildman–Crippen LogP) is 6.68. The third kappa shape index (κ3) is 8.13. The number of rotatable bonds is 12. The van der Waals surface area contributed by atoms with Crippen molar-refractivity contribution in [1.29, 1.82) is 0 Å². The van der Waals surface area contributed by atoms with E-state index in [0.717, 1.165) is 53.2 Å². The Hall–Kier alpha value is -4.21. The second kappa shape index (κ2) is 14.9. The van der Waals surface area contributed by atoms with Crippen LogP contribution in [-0.4, -0.2) is 43.8 Å². The molecular formula is C36H37ClFN3O4S. The lowest BCUT2D eigenvalue weighted by Crippen LogP contribution is -2.54. The van der Waals surface area contributed by atoms with E-state index in [1.165, 1.54) is 17.0 Å². The standard InChI is InChI=1S/C36H37ClFN3O4S/c1-26-15-19-31(20-16-26)41(46(44,45)32-21-17-29(38)18-22-32)25-35(42)40(24-28-11-5-8-14-33(28)37)34(23-27-9-3-2-4-10-27)36(43)39-30-12-6-7-13-30/h2-5,8-11,14-22,30,34H,6-7,12-13,23-25H2,1H3,(H,39,43). The van der Waals surface area contributed by atoms with Crippen molar-refractivity contribution < 1.29 is 22.4 Å². The first-order valence-electron chi connectivity index (χ1n) is 15.3. The summed E-state index contributed by atoms with van der Waals surface area (Å²) in [4.78, 5) is 29.9. The number of nitrogens with zero attached hydrogens (tertiary/aromatic N) is 2. The highest BCUT2D eigenvalue weighted by Crippen LogP contribution is 2.27. The van der Waals surface area contributed by atoms with E-state index >= 15 is 0 Å². The average molecular weight is 662 g/mol. The Labute approximate surface area is 275 Å². The topological polar surface area (TPSA) is 86.8 Å². The molecule has 0 spiro atoms. The van der Waals surface area contributed by atoms with Gasteiger partial charge in [-0.15, -0.1) is 0 Å². The molecule has 240 valence electrons. The molecule has 1 saturated carbocycles. The van der Waals surface area contributed by atoms with Gasteiger partial charge in [0.2, 0.25) is 11.8 Å². The first kappa shape index (κ1) is 33.2. The number of carbonyl (C=O) groups excluding carboxylic acids is 2. The van der Waals surface area contributed by atoms with Crippen LogP contribution < -0.4 is 9.62 Å². The summed E-state index contributed by atoms with van der Waals surface area (Å²) in [5.74, 6) is -1.48. The van der Waals surface area contributed by atoms with Crippen molar-refractivity contribution in [3.05, 3.63) is 131 Å². The number of aryl methyl sites for hydroxylation is 1. The Morgan fingerprint density at radius 2 is 1.52 bits per heavy atom. The van der Waals surface area contributed by atoms with E-state index in [0.29, 0.717) is 10.6 Å². The Bertz CT molecular complexity index is 1750. The van der Waals surface area contributed by atoms with Gasteiger partial charge in [0.25, 0.3) is 10.0 Å². The van der Waals surface area contributed by atoms with Gasteiger partial charge in [0.05, 0.1) is 10.6 Å². The van der Waals surface area contributed by atoms with Crippen LogP contribution in [0, 0.1) is 12.7 Å². The largest absolute Gasteiger partial charge is 0.352 e. The van der Waals surface area contributed by atoms with E-state index in [-0.39, 0.29) is 35.5 Å². The lowest BCUT2D eigenvalue weighted by molar-refractivity contribution is -0.140. The van der Waals surface area contributed by atoms with Crippen molar-refractivity contribution in [2.45, 2.75) is 62.6 Å². The highest BCUT2D eigenvalue weighted by atomic mass is 35.5. The monoisotopic (exact) mass is 661 g/mol. The minimum Gasteiger partial charge on any atom is -0.352 e. The summed E-state index contributed by atoms with van der Waals surface area (Å²) in [5.41, 5.74) is 2.63. The smallest absolute Gasteiger partial charge is 0.264 e. The van der Waals surface area contributed by atoms with Crippen LogP contribution in [0.1, 0.15) is 42.4 Å². The molecular weight excluding hydrogens is 625 g/mol. The number of amides is 2. The second-order valence-electron chi connectivity index (χ2n) is 11.6. The summed E-state index contributed by atoms with van der Waals surface area (Å²) < 4.78 is 42.9. The van der Waals surface area contributed by atoms with E-state index in [9.17, 15) is 22.4 Å². The molecule has 1 aliphatic rings. The fraction of sp³-hybridized carbons (Fsp3) is 0.278. The van der Waals surface area contributed by atoms with Crippen LogP contribution in [0.25, 0.3) is 0 Å². The molecule has 0 aliphatic heterocycles. The van der Waals surface area contributed by atoms with Crippen molar-refractivity contribution in [1.82, 2.24) is 10.2 Å². The van der Waals surface area contributed by atoms with E-state index < -0.39 is 34.3 Å². The number of hydrogen-bond acceptors (Lipinski definition) is 4. The van der Waals surface area contributed by atoms with Gasteiger partial charge >= 0.3 is 0 Å². The van der Waals surface area contributed by atoms with Crippen molar-refractivity contribution in [3.8, 4) is 0 Å². The molecule has 0 bridgehead atoms. The Kier molecular flexibility index (Phi) is 10.8. The molecule has 10 heteroatoms. The van der Waals surface area contributed by atoms with Crippen LogP contribution in [0.5, 0.6) is 0 Å². The zero-order chi connectivity index (χ0) is 32.7. The maximum Gasteiger partial charge on any atom is 0.264 e. The van der Waals surface area contributed by atoms with Crippen LogP contribution in [-0.2, 0) is 32.6 Å². The maximum absolute atomic E-state index is 14.6. The normalized spacial score (nSPS) is 14.1. The number of carbonyl (C=O) groups is 2. The lowest BCUT2D eigenvalue weighted by Gasteiger charge is -2.34. The van der Waals surface area contributed by atoms with Gasteiger partial charge in [-0.2, -0.15) is 0 Å². The molecule has 5 rings (SSSR count). The van der Waals surface area contributed by atoms with Crippen LogP contribution in [0.15, 0.2) is 108 Å². The zero-order valence-electron chi connectivity index (χ0n) is 25.6. The molecule has 1 fully saturated rings. The van der Waals surface area contributed by atoms with Crippen molar-refractivity contribution in [2.75, 3.05) is 10.8 Å². The predicted molar refractivity (Wildman–Crippen MR) is 178 cm³/mol. The van der Waals surface area contributed by atoms with Crippen LogP contribution >= 0.6 is 11.6 Å². The minimum atomic E-state index is -4.32. The maximum atomic E-state index is 14.6. The summed E-state index contributed by atoms with van der Waals surface area (Å²) in [6.45, 7) is 1.25. The van der Waals surface area contributed by atoms with Gasteiger partial charge in [0.1, 0.15) is 18.4 Å². The van der Waals surface area contributed by atoms with E-state index in [1.54, 1.807) is 48.5 Å². The Morgan fingerprint density at radius 1 is 0.891 bits per heavy atom. The lowest BCUT2D eigenvalue weighted by atomic mass is 10.0. The SMILES string of the molecule is Cc1ccc(N(CC(=O)N(Cc2ccccc2Cl)C(Cc2ccccc2)C(=O)NC2CCCC2)S(=O)(=O)c2ccc(F)cc2)cc1. The number of benzene rings is 4. The molecule has 1 atom stereocenters. The van der Waals surface area contributed by atoms with Gasteiger partial charge in [-0.1, -0.05) is 90.7 Å². The third-order valence-corrected chi connectivity index (χ3v) is 10.4. The Morgan fingerprint density at radius 3 is 2.17 bits per heavy atom. The van der Waals surface area contributed by atoms with Gasteiger partial charge in [-0.3, -0.25) is 13.9 Å². The third-order valence-electron chi connectivity index (χ3n) is 8.27. The molecule has 1 aliphatic carbocycles.